The Balaban J connectivity index is 1.46. The van der Waals surface area contributed by atoms with E-state index in [1.54, 1.807) is 0 Å². The molecule has 4 aliphatic rings. The molecule has 154 valence electrons. The first-order chi connectivity index (χ1) is 13.7. The molecule has 5 atom stereocenters. The first-order valence-corrected chi connectivity index (χ1v) is 11.2. The molecule has 2 fully saturated rings. The molecule has 2 saturated carbocycles. The Morgan fingerprint density at radius 3 is 2.71 bits per heavy atom. The van der Waals surface area contributed by atoms with E-state index in [-0.39, 0.29) is 12.2 Å². The summed E-state index contributed by atoms with van der Waals surface area (Å²) >= 11 is 0. The summed E-state index contributed by atoms with van der Waals surface area (Å²) in [5.41, 5.74) is 9.93. The van der Waals surface area contributed by atoms with Crippen molar-refractivity contribution >= 4 is 11.4 Å². The Kier molecular flexibility index (Phi) is 6.28. The van der Waals surface area contributed by atoms with E-state index in [2.05, 4.69) is 46.9 Å². The van der Waals surface area contributed by atoms with E-state index < -0.39 is 0 Å². The standard InChI is InChI=1S/C22H36N6/c1-3-9-24-15-5-6-17-14(11-15)12-21(27-17)28-22-16-13-20(23)26-18(16)7-8-19(22)25-10-4-2/h12-15,19-20,22,24-25,28H,3-11,23H2,1-2H3/t14?,15-,19-,20?,22+/m0/s1. The molecule has 0 aromatic rings. The molecule has 0 amide bonds. The van der Waals surface area contributed by atoms with Crippen LogP contribution < -0.4 is 21.7 Å². The molecule has 6 heteroatoms. The molecule has 0 bridgehead atoms. The number of aliphatic imine (C=N–C) groups is 2. The highest BCUT2D eigenvalue weighted by atomic mass is 15.1. The second-order valence-electron chi connectivity index (χ2n) is 8.60. The Hall–Kier alpha value is -1.50. The van der Waals surface area contributed by atoms with E-state index in [9.17, 15) is 0 Å². The molecular weight excluding hydrogens is 348 g/mol. The predicted octanol–water partition coefficient (Wildman–Crippen LogP) is 2.24. The molecule has 0 spiro atoms. The van der Waals surface area contributed by atoms with Crippen LogP contribution in [0.4, 0.5) is 0 Å². The monoisotopic (exact) mass is 384 g/mol. The third-order valence-corrected chi connectivity index (χ3v) is 6.40. The van der Waals surface area contributed by atoms with Crippen LogP contribution in [0.5, 0.6) is 0 Å². The van der Waals surface area contributed by atoms with Gasteiger partial charge in [0.05, 0.1) is 6.04 Å². The summed E-state index contributed by atoms with van der Waals surface area (Å²) in [6.45, 7) is 6.60. The highest BCUT2D eigenvalue weighted by Crippen LogP contribution is 2.32. The number of fused-ring (bicyclic) bond motifs is 2. The zero-order chi connectivity index (χ0) is 19.5. The Labute approximate surface area is 169 Å². The summed E-state index contributed by atoms with van der Waals surface area (Å²) in [5, 5.41) is 11.2. The first-order valence-electron chi connectivity index (χ1n) is 11.2. The van der Waals surface area contributed by atoms with Crippen LogP contribution in [-0.2, 0) is 0 Å². The average Bonchev–Trinajstić information content (AvgIpc) is 3.27. The van der Waals surface area contributed by atoms with E-state index in [0.29, 0.717) is 18.0 Å². The predicted molar refractivity (Wildman–Crippen MR) is 117 cm³/mol. The van der Waals surface area contributed by atoms with Gasteiger partial charge in [-0.05, 0) is 75.8 Å². The zero-order valence-corrected chi connectivity index (χ0v) is 17.4. The zero-order valence-electron chi connectivity index (χ0n) is 17.4. The molecule has 2 aliphatic heterocycles. The van der Waals surface area contributed by atoms with Crippen molar-refractivity contribution in [1.82, 2.24) is 16.0 Å². The molecule has 0 aromatic heterocycles. The van der Waals surface area contributed by atoms with Crippen LogP contribution in [-0.4, -0.2) is 48.8 Å². The third kappa shape index (κ3) is 4.24. The maximum absolute atomic E-state index is 6.10. The minimum atomic E-state index is -0.184. The van der Waals surface area contributed by atoms with Crippen LogP contribution in [0.25, 0.3) is 0 Å². The second kappa shape index (κ2) is 8.89. The van der Waals surface area contributed by atoms with Gasteiger partial charge in [0.1, 0.15) is 12.0 Å². The summed E-state index contributed by atoms with van der Waals surface area (Å²) in [4.78, 5) is 9.61. The molecule has 0 radical (unpaired) electrons. The Morgan fingerprint density at radius 2 is 1.89 bits per heavy atom. The molecule has 5 N–H and O–H groups in total. The van der Waals surface area contributed by atoms with Crippen molar-refractivity contribution in [2.45, 2.75) is 83.1 Å². The first kappa shape index (κ1) is 19.8. The topological polar surface area (TPSA) is 86.8 Å². The van der Waals surface area contributed by atoms with Crippen LogP contribution in [0.15, 0.2) is 33.5 Å². The van der Waals surface area contributed by atoms with Crippen LogP contribution in [0.2, 0.25) is 0 Å². The lowest BCUT2D eigenvalue weighted by molar-refractivity contribution is 0.398. The molecule has 2 aliphatic carbocycles. The number of rotatable bonds is 8. The molecule has 2 unspecified atom stereocenters. The minimum Gasteiger partial charge on any atom is -0.362 e. The van der Waals surface area contributed by atoms with Gasteiger partial charge in [0, 0.05) is 29.4 Å². The highest BCUT2D eigenvalue weighted by molar-refractivity contribution is 6.04. The van der Waals surface area contributed by atoms with E-state index in [0.717, 1.165) is 44.6 Å². The van der Waals surface area contributed by atoms with Crippen molar-refractivity contribution in [3.05, 3.63) is 23.5 Å². The van der Waals surface area contributed by atoms with Gasteiger partial charge in [-0.1, -0.05) is 13.8 Å². The van der Waals surface area contributed by atoms with Crippen LogP contribution in [0.3, 0.4) is 0 Å². The van der Waals surface area contributed by atoms with Crippen molar-refractivity contribution in [2.75, 3.05) is 13.1 Å². The fourth-order valence-corrected chi connectivity index (χ4v) is 4.99. The fourth-order valence-electron chi connectivity index (χ4n) is 4.99. The molecule has 6 nitrogen and oxygen atoms in total. The fraction of sp³-hybridized carbons (Fsp3) is 0.727. The largest absolute Gasteiger partial charge is 0.362 e. The second-order valence-corrected chi connectivity index (χ2v) is 8.60. The maximum Gasteiger partial charge on any atom is 0.122 e. The maximum atomic E-state index is 6.10. The number of nitrogens with two attached hydrogens (primary N) is 1. The van der Waals surface area contributed by atoms with Crippen molar-refractivity contribution in [3.63, 3.8) is 0 Å². The molecular formula is C22H36N6. The van der Waals surface area contributed by atoms with Gasteiger partial charge >= 0.3 is 0 Å². The molecule has 2 heterocycles. The number of nitrogens with one attached hydrogen (secondary N) is 3. The third-order valence-electron chi connectivity index (χ3n) is 6.40. The van der Waals surface area contributed by atoms with E-state index in [1.807, 2.05) is 0 Å². The molecule has 0 saturated heterocycles. The average molecular weight is 385 g/mol. The van der Waals surface area contributed by atoms with Gasteiger partial charge in [0.2, 0.25) is 0 Å². The summed E-state index contributed by atoms with van der Waals surface area (Å²) in [6.07, 6.45) is 12.2. The van der Waals surface area contributed by atoms with Crippen molar-refractivity contribution in [2.24, 2.45) is 21.6 Å². The van der Waals surface area contributed by atoms with Gasteiger partial charge in [-0.2, -0.15) is 0 Å². The van der Waals surface area contributed by atoms with Gasteiger partial charge in [-0.15, -0.1) is 0 Å². The van der Waals surface area contributed by atoms with Gasteiger partial charge in [-0.3, -0.25) is 4.99 Å². The van der Waals surface area contributed by atoms with E-state index in [4.69, 9.17) is 10.7 Å². The van der Waals surface area contributed by atoms with Crippen LogP contribution in [0, 0.1) is 5.92 Å². The number of allylic oxidation sites excluding steroid dienone is 1. The van der Waals surface area contributed by atoms with Gasteiger partial charge in [0.25, 0.3) is 0 Å². The number of hydrogen-bond donors (Lipinski definition) is 4. The van der Waals surface area contributed by atoms with E-state index in [1.165, 1.54) is 36.3 Å². The summed E-state index contributed by atoms with van der Waals surface area (Å²) in [7, 11) is 0. The van der Waals surface area contributed by atoms with Gasteiger partial charge < -0.3 is 21.7 Å². The molecule has 4 rings (SSSR count). The molecule has 0 aromatic carbocycles. The van der Waals surface area contributed by atoms with Crippen LogP contribution in [0.1, 0.15) is 58.8 Å². The minimum absolute atomic E-state index is 0.184. The summed E-state index contributed by atoms with van der Waals surface area (Å²) in [6, 6.07) is 1.23. The normalized spacial score (nSPS) is 34.2. The van der Waals surface area contributed by atoms with Crippen molar-refractivity contribution in [3.8, 4) is 0 Å². The van der Waals surface area contributed by atoms with Crippen LogP contribution >= 0.6 is 0 Å². The van der Waals surface area contributed by atoms with Gasteiger partial charge in [-0.25, -0.2) is 4.99 Å². The Bertz CT molecular complexity index is 691. The highest BCUT2D eigenvalue weighted by Gasteiger charge is 2.37. The number of nitrogens with zero attached hydrogens (tertiary/aromatic N) is 2. The summed E-state index contributed by atoms with van der Waals surface area (Å²) in [5.74, 6) is 1.54. The van der Waals surface area contributed by atoms with E-state index >= 15 is 0 Å². The smallest absolute Gasteiger partial charge is 0.122 e. The lowest BCUT2D eigenvalue weighted by Crippen LogP contribution is -2.52. The Morgan fingerprint density at radius 1 is 1.07 bits per heavy atom. The summed E-state index contributed by atoms with van der Waals surface area (Å²) < 4.78 is 0. The SMILES string of the molecule is CCCN[C@H]1CCC2=NC(N[C@@H]3C4=CC(N)N=C4CC[C@@H]3NCCC)=CC2C1. The van der Waals surface area contributed by atoms with Gasteiger partial charge in [0.15, 0.2) is 0 Å². The quantitative estimate of drug-likeness (QED) is 0.517. The lowest BCUT2D eigenvalue weighted by Gasteiger charge is -2.35. The van der Waals surface area contributed by atoms with Crippen molar-refractivity contribution in [1.29, 1.82) is 0 Å². The number of hydrogen-bond acceptors (Lipinski definition) is 6. The lowest BCUT2D eigenvalue weighted by atomic mass is 9.84. The molecule has 28 heavy (non-hydrogen) atoms. The van der Waals surface area contributed by atoms with Crippen molar-refractivity contribution < 1.29 is 0 Å².